The van der Waals surface area contributed by atoms with Gasteiger partial charge < -0.3 is 14.5 Å². The third-order valence-electron chi connectivity index (χ3n) is 1.62. The van der Waals surface area contributed by atoms with Crippen LogP contribution in [0.1, 0.15) is 23.0 Å². The van der Waals surface area contributed by atoms with E-state index in [1.807, 2.05) is 0 Å². The quantitative estimate of drug-likeness (QED) is 0.716. The Morgan fingerprint density at radius 2 is 2.38 bits per heavy atom. The van der Waals surface area contributed by atoms with E-state index in [-0.39, 0.29) is 5.97 Å². The SMILES string of the molecule is CCOC(=O)c1cc[nH]c1COC. The summed E-state index contributed by atoms with van der Waals surface area (Å²) in [5.74, 6) is -0.309. The third-order valence-corrected chi connectivity index (χ3v) is 1.62. The number of ether oxygens (including phenoxy) is 2. The van der Waals surface area contributed by atoms with Gasteiger partial charge >= 0.3 is 5.97 Å². The van der Waals surface area contributed by atoms with E-state index in [1.54, 1.807) is 26.3 Å². The van der Waals surface area contributed by atoms with Crippen LogP contribution in [0, 0.1) is 0 Å². The van der Waals surface area contributed by atoms with Gasteiger partial charge in [-0.2, -0.15) is 0 Å². The summed E-state index contributed by atoms with van der Waals surface area (Å²) >= 11 is 0. The van der Waals surface area contributed by atoms with Gasteiger partial charge in [-0.1, -0.05) is 0 Å². The van der Waals surface area contributed by atoms with Crippen LogP contribution >= 0.6 is 0 Å². The molecule has 0 amide bonds. The molecule has 1 heterocycles. The molecule has 72 valence electrons. The first-order chi connectivity index (χ1) is 6.29. The normalized spacial score (nSPS) is 10.0. The predicted octanol–water partition coefficient (Wildman–Crippen LogP) is 1.34. The monoisotopic (exact) mass is 183 g/mol. The van der Waals surface area contributed by atoms with E-state index in [0.717, 1.165) is 5.69 Å². The molecule has 1 N–H and O–H groups in total. The fourth-order valence-corrected chi connectivity index (χ4v) is 1.07. The molecule has 0 unspecified atom stereocenters. The van der Waals surface area contributed by atoms with Crippen molar-refractivity contribution in [3.05, 3.63) is 23.5 Å². The Morgan fingerprint density at radius 3 is 3.00 bits per heavy atom. The van der Waals surface area contributed by atoms with Gasteiger partial charge in [-0.3, -0.25) is 0 Å². The zero-order chi connectivity index (χ0) is 9.68. The first kappa shape index (κ1) is 9.80. The molecule has 4 heteroatoms. The molecule has 0 aromatic carbocycles. The summed E-state index contributed by atoms with van der Waals surface area (Å²) in [5.41, 5.74) is 1.30. The molecule has 0 bridgehead atoms. The Bertz CT molecular complexity index is 280. The Labute approximate surface area is 76.9 Å². The van der Waals surface area contributed by atoms with E-state index < -0.39 is 0 Å². The fraction of sp³-hybridized carbons (Fsp3) is 0.444. The molecule has 1 rings (SSSR count). The fourth-order valence-electron chi connectivity index (χ4n) is 1.07. The molecule has 1 aromatic heterocycles. The minimum Gasteiger partial charge on any atom is -0.462 e. The number of aromatic nitrogens is 1. The van der Waals surface area contributed by atoms with Gasteiger partial charge in [0.25, 0.3) is 0 Å². The summed E-state index contributed by atoms with van der Waals surface area (Å²) in [7, 11) is 1.58. The van der Waals surface area contributed by atoms with E-state index in [1.165, 1.54) is 0 Å². The Morgan fingerprint density at radius 1 is 1.62 bits per heavy atom. The highest BCUT2D eigenvalue weighted by Gasteiger charge is 2.12. The first-order valence-electron chi connectivity index (χ1n) is 4.12. The third kappa shape index (κ3) is 2.32. The number of carbonyl (C=O) groups is 1. The maximum absolute atomic E-state index is 11.3. The smallest absolute Gasteiger partial charge is 0.340 e. The van der Waals surface area contributed by atoms with Gasteiger partial charge in [-0.05, 0) is 13.0 Å². The van der Waals surface area contributed by atoms with Crippen molar-refractivity contribution in [1.29, 1.82) is 0 Å². The largest absolute Gasteiger partial charge is 0.462 e. The minimum absolute atomic E-state index is 0.309. The summed E-state index contributed by atoms with van der Waals surface area (Å²) < 4.78 is 9.77. The van der Waals surface area contributed by atoms with Gasteiger partial charge in [0.05, 0.1) is 24.5 Å². The van der Waals surface area contributed by atoms with E-state index in [4.69, 9.17) is 9.47 Å². The van der Waals surface area contributed by atoms with Crippen LogP contribution in [-0.2, 0) is 16.1 Å². The lowest BCUT2D eigenvalue weighted by Crippen LogP contribution is -2.07. The Kier molecular flexibility index (Phi) is 3.52. The summed E-state index contributed by atoms with van der Waals surface area (Å²) in [5, 5.41) is 0. The summed E-state index contributed by atoms with van der Waals surface area (Å²) in [4.78, 5) is 14.2. The average Bonchev–Trinajstić information content (AvgIpc) is 2.54. The number of hydrogen-bond donors (Lipinski definition) is 1. The second-order valence-electron chi connectivity index (χ2n) is 2.52. The standard InChI is InChI=1S/C9H13NO3/c1-3-13-9(11)7-4-5-10-8(7)6-12-2/h4-5,10H,3,6H2,1-2H3. The Hall–Kier alpha value is -1.29. The number of nitrogens with one attached hydrogen (secondary N) is 1. The van der Waals surface area contributed by atoms with Crippen molar-refractivity contribution in [3.63, 3.8) is 0 Å². The van der Waals surface area contributed by atoms with Crippen LogP contribution in [0.5, 0.6) is 0 Å². The molecule has 0 spiro atoms. The van der Waals surface area contributed by atoms with Crippen LogP contribution in [0.15, 0.2) is 12.3 Å². The maximum Gasteiger partial charge on any atom is 0.340 e. The van der Waals surface area contributed by atoms with Crippen molar-refractivity contribution in [3.8, 4) is 0 Å². The van der Waals surface area contributed by atoms with E-state index in [2.05, 4.69) is 4.98 Å². The number of hydrogen-bond acceptors (Lipinski definition) is 3. The van der Waals surface area contributed by atoms with Crippen molar-refractivity contribution < 1.29 is 14.3 Å². The van der Waals surface area contributed by atoms with Crippen LogP contribution in [0.3, 0.4) is 0 Å². The van der Waals surface area contributed by atoms with Crippen molar-refractivity contribution in [2.24, 2.45) is 0 Å². The van der Waals surface area contributed by atoms with E-state index in [9.17, 15) is 4.79 Å². The van der Waals surface area contributed by atoms with Crippen LogP contribution in [0.4, 0.5) is 0 Å². The number of H-pyrrole nitrogens is 1. The molecule has 0 saturated carbocycles. The van der Waals surface area contributed by atoms with Gasteiger partial charge in [0.2, 0.25) is 0 Å². The van der Waals surface area contributed by atoms with Crippen LogP contribution in [-0.4, -0.2) is 24.7 Å². The van der Waals surface area contributed by atoms with Gasteiger partial charge in [-0.15, -0.1) is 0 Å². The lowest BCUT2D eigenvalue weighted by molar-refractivity contribution is 0.0521. The molecule has 13 heavy (non-hydrogen) atoms. The Balaban J connectivity index is 2.74. The van der Waals surface area contributed by atoms with Crippen molar-refractivity contribution in [2.45, 2.75) is 13.5 Å². The number of carbonyl (C=O) groups excluding carboxylic acids is 1. The highest BCUT2D eigenvalue weighted by atomic mass is 16.5. The molecule has 0 aliphatic carbocycles. The number of rotatable bonds is 4. The van der Waals surface area contributed by atoms with E-state index >= 15 is 0 Å². The summed E-state index contributed by atoms with van der Waals surface area (Å²) in [6.45, 7) is 2.55. The maximum atomic E-state index is 11.3. The molecule has 0 aliphatic heterocycles. The lowest BCUT2D eigenvalue weighted by atomic mass is 10.2. The van der Waals surface area contributed by atoms with Crippen LogP contribution < -0.4 is 0 Å². The number of aromatic amines is 1. The second kappa shape index (κ2) is 4.67. The molecule has 0 saturated heterocycles. The number of esters is 1. The van der Waals surface area contributed by atoms with Crippen LogP contribution in [0.2, 0.25) is 0 Å². The number of methoxy groups -OCH3 is 1. The molecule has 1 aromatic rings. The minimum atomic E-state index is -0.309. The van der Waals surface area contributed by atoms with Gasteiger partial charge in [0.1, 0.15) is 0 Å². The molecular weight excluding hydrogens is 170 g/mol. The molecule has 0 atom stereocenters. The second-order valence-corrected chi connectivity index (χ2v) is 2.52. The van der Waals surface area contributed by atoms with Crippen molar-refractivity contribution in [2.75, 3.05) is 13.7 Å². The highest BCUT2D eigenvalue weighted by Crippen LogP contribution is 2.09. The zero-order valence-corrected chi connectivity index (χ0v) is 7.79. The molecule has 0 radical (unpaired) electrons. The molecule has 0 aliphatic rings. The first-order valence-corrected chi connectivity index (χ1v) is 4.12. The summed E-state index contributed by atoms with van der Waals surface area (Å²) in [6.07, 6.45) is 1.70. The average molecular weight is 183 g/mol. The van der Waals surface area contributed by atoms with Crippen molar-refractivity contribution in [1.82, 2.24) is 4.98 Å². The van der Waals surface area contributed by atoms with Gasteiger partial charge in [-0.25, -0.2) is 4.79 Å². The van der Waals surface area contributed by atoms with Gasteiger partial charge in [0.15, 0.2) is 0 Å². The molecular formula is C9H13NO3. The van der Waals surface area contributed by atoms with Gasteiger partial charge in [0, 0.05) is 13.3 Å². The van der Waals surface area contributed by atoms with E-state index in [0.29, 0.717) is 18.8 Å². The predicted molar refractivity (Wildman–Crippen MR) is 47.5 cm³/mol. The lowest BCUT2D eigenvalue weighted by Gasteiger charge is -2.02. The topological polar surface area (TPSA) is 51.3 Å². The highest BCUT2D eigenvalue weighted by molar-refractivity contribution is 5.90. The van der Waals surface area contributed by atoms with Crippen LogP contribution in [0.25, 0.3) is 0 Å². The van der Waals surface area contributed by atoms with Crippen molar-refractivity contribution >= 4 is 5.97 Å². The molecule has 4 nitrogen and oxygen atoms in total. The molecule has 0 fully saturated rings. The summed E-state index contributed by atoms with van der Waals surface area (Å²) in [6, 6.07) is 1.69. The zero-order valence-electron chi connectivity index (χ0n) is 7.79.